The van der Waals surface area contributed by atoms with E-state index in [0.717, 1.165) is 15.6 Å². The minimum Gasteiger partial charge on any atom is -0.300 e. The maximum Gasteiger partial charge on any atom is 0.270 e. The van der Waals surface area contributed by atoms with Crippen molar-refractivity contribution < 1.29 is 0 Å². The third kappa shape index (κ3) is 2.72. The number of thioether (sulfide) groups is 1. The normalized spacial score (nSPS) is 10.2. The first-order valence-corrected chi connectivity index (χ1v) is 7.43. The van der Waals surface area contributed by atoms with Crippen molar-refractivity contribution in [2.75, 3.05) is 6.26 Å². The highest BCUT2D eigenvalue weighted by Crippen LogP contribution is 2.26. The molecule has 0 aliphatic heterocycles. The first-order valence-electron chi connectivity index (χ1n) is 5.41. The van der Waals surface area contributed by atoms with Crippen LogP contribution in [0.25, 0.3) is 11.3 Å². The molecule has 1 N–H and O–H groups in total. The molecule has 0 aliphatic carbocycles. The van der Waals surface area contributed by atoms with E-state index in [0.29, 0.717) is 10.9 Å². The zero-order valence-corrected chi connectivity index (χ0v) is 12.7. The van der Waals surface area contributed by atoms with E-state index < -0.39 is 5.56 Å². The third-order valence-electron chi connectivity index (χ3n) is 2.65. The highest BCUT2D eigenvalue weighted by Gasteiger charge is 2.13. The van der Waals surface area contributed by atoms with E-state index in [1.54, 1.807) is 0 Å². The molecule has 0 atom stereocenters. The van der Waals surface area contributed by atoms with Gasteiger partial charge in [0.2, 0.25) is 0 Å². The van der Waals surface area contributed by atoms with E-state index in [2.05, 4.69) is 25.9 Å². The van der Waals surface area contributed by atoms with Crippen LogP contribution < -0.4 is 5.56 Å². The molecule has 0 saturated heterocycles. The molecule has 2 aromatic rings. The number of H-pyrrole nitrogens is 1. The lowest BCUT2D eigenvalue weighted by molar-refractivity contribution is 0.937. The number of aromatic nitrogens is 2. The van der Waals surface area contributed by atoms with E-state index in [1.165, 1.54) is 11.8 Å². The Morgan fingerprint density at radius 3 is 2.79 bits per heavy atom. The second kappa shape index (κ2) is 5.59. The van der Waals surface area contributed by atoms with Crippen LogP contribution >= 0.6 is 27.7 Å². The molecule has 6 heteroatoms. The topological polar surface area (TPSA) is 69.5 Å². The number of nitriles is 1. The molecule has 19 heavy (non-hydrogen) atoms. The van der Waals surface area contributed by atoms with Crippen molar-refractivity contribution in [1.29, 1.82) is 5.26 Å². The monoisotopic (exact) mass is 335 g/mol. The number of halogens is 1. The van der Waals surface area contributed by atoms with Gasteiger partial charge in [0.25, 0.3) is 5.56 Å². The molecule has 4 nitrogen and oxygen atoms in total. The Hall–Kier alpha value is -1.58. The molecule has 0 amide bonds. The van der Waals surface area contributed by atoms with Gasteiger partial charge in [0, 0.05) is 10.0 Å². The Morgan fingerprint density at radius 2 is 2.21 bits per heavy atom. The minimum atomic E-state index is -0.409. The molecule has 0 spiro atoms. The highest BCUT2D eigenvalue weighted by atomic mass is 79.9. The summed E-state index contributed by atoms with van der Waals surface area (Å²) in [7, 11) is 0. The number of hydrogen-bond donors (Lipinski definition) is 1. The lowest BCUT2D eigenvalue weighted by atomic mass is 10.1. The van der Waals surface area contributed by atoms with Gasteiger partial charge in [-0.1, -0.05) is 39.8 Å². The number of benzene rings is 1. The van der Waals surface area contributed by atoms with Crippen molar-refractivity contribution in [2.45, 2.75) is 12.1 Å². The summed E-state index contributed by atoms with van der Waals surface area (Å²) >= 11 is 4.77. The SMILES string of the molecule is CSc1nc(-c2ccc(C)c(Br)c2)c(C#N)c(=O)[nH]1. The van der Waals surface area contributed by atoms with Crippen molar-refractivity contribution in [3.8, 4) is 17.3 Å². The van der Waals surface area contributed by atoms with Gasteiger partial charge in [-0.25, -0.2) is 4.98 Å². The van der Waals surface area contributed by atoms with Crippen LogP contribution in [0, 0.1) is 18.3 Å². The van der Waals surface area contributed by atoms with Crippen LogP contribution in [-0.4, -0.2) is 16.2 Å². The second-order valence-electron chi connectivity index (χ2n) is 3.87. The summed E-state index contributed by atoms with van der Waals surface area (Å²) < 4.78 is 0.918. The Kier molecular flexibility index (Phi) is 4.08. The first-order chi connectivity index (χ1) is 9.06. The van der Waals surface area contributed by atoms with Gasteiger partial charge in [-0.2, -0.15) is 5.26 Å². The van der Waals surface area contributed by atoms with Gasteiger partial charge in [-0.3, -0.25) is 4.79 Å². The van der Waals surface area contributed by atoms with Crippen LogP contribution in [0.5, 0.6) is 0 Å². The number of aryl methyl sites for hydroxylation is 1. The quantitative estimate of drug-likeness (QED) is 0.676. The van der Waals surface area contributed by atoms with Gasteiger partial charge < -0.3 is 4.98 Å². The molecule has 0 saturated carbocycles. The average Bonchev–Trinajstić information content (AvgIpc) is 2.41. The average molecular weight is 336 g/mol. The molecule has 1 aromatic carbocycles. The molecule has 96 valence electrons. The zero-order valence-electron chi connectivity index (χ0n) is 10.3. The van der Waals surface area contributed by atoms with Crippen molar-refractivity contribution in [3.05, 3.63) is 44.2 Å². The fraction of sp³-hybridized carbons (Fsp3) is 0.154. The second-order valence-corrected chi connectivity index (χ2v) is 5.52. The van der Waals surface area contributed by atoms with Crippen LogP contribution in [0.2, 0.25) is 0 Å². The molecule has 2 rings (SSSR count). The van der Waals surface area contributed by atoms with Gasteiger partial charge >= 0.3 is 0 Å². The molecular weight excluding hydrogens is 326 g/mol. The lowest BCUT2D eigenvalue weighted by Crippen LogP contribution is -2.14. The van der Waals surface area contributed by atoms with Gasteiger partial charge in [-0.05, 0) is 24.8 Å². The maximum atomic E-state index is 11.8. The molecule has 0 radical (unpaired) electrons. The summed E-state index contributed by atoms with van der Waals surface area (Å²) in [6.07, 6.45) is 1.82. The summed E-state index contributed by atoms with van der Waals surface area (Å²) in [5, 5.41) is 9.62. The van der Waals surface area contributed by atoms with Gasteiger partial charge in [-0.15, -0.1) is 0 Å². The fourth-order valence-corrected chi connectivity index (χ4v) is 2.36. The van der Waals surface area contributed by atoms with E-state index >= 15 is 0 Å². The summed E-state index contributed by atoms with van der Waals surface area (Å²) in [5.41, 5.74) is 1.87. The van der Waals surface area contributed by atoms with Crippen LogP contribution in [0.1, 0.15) is 11.1 Å². The maximum absolute atomic E-state index is 11.8. The Labute approximate surface area is 123 Å². The fourth-order valence-electron chi connectivity index (χ4n) is 1.60. The minimum absolute atomic E-state index is 0.0357. The van der Waals surface area contributed by atoms with Gasteiger partial charge in [0.15, 0.2) is 5.16 Å². The van der Waals surface area contributed by atoms with Crippen LogP contribution in [-0.2, 0) is 0 Å². The molecule has 0 unspecified atom stereocenters. The largest absolute Gasteiger partial charge is 0.300 e. The summed E-state index contributed by atoms with van der Waals surface area (Å²) in [4.78, 5) is 18.7. The molecule has 0 bridgehead atoms. The van der Waals surface area contributed by atoms with Crippen molar-refractivity contribution >= 4 is 27.7 Å². The lowest BCUT2D eigenvalue weighted by Gasteiger charge is -2.06. The molecular formula is C13H10BrN3OS. The number of nitrogens with one attached hydrogen (secondary N) is 1. The van der Waals surface area contributed by atoms with Gasteiger partial charge in [0.1, 0.15) is 11.6 Å². The standard InChI is InChI=1S/C13H10BrN3OS/c1-7-3-4-8(5-10(7)14)11-9(6-15)12(18)17-13(16-11)19-2/h3-5H,1-2H3,(H,16,17,18). The number of aromatic amines is 1. The summed E-state index contributed by atoms with van der Waals surface area (Å²) in [5.74, 6) is 0. The number of rotatable bonds is 2. The zero-order chi connectivity index (χ0) is 14.0. The number of hydrogen-bond acceptors (Lipinski definition) is 4. The smallest absolute Gasteiger partial charge is 0.270 e. The summed E-state index contributed by atoms with van der Waals surface area (Å²) in [6, 6.07) is 7.55. The molecule has 1 heterocycles. The number of nitrogens with zero attached hydrogens (tertiary/aromatic N) is 2. The van der Waals surface area contributed by atoms with Crippen LogP contribution in [0.3, 0.4) is 0 Å². The molecule has 0 fully saturated rings. The summed E-state index contributed by atoms with van der Waals surface area (Å²) in [6.45, 7) is 1.97. The Balaban J connectivity index is 2.73. The van der Waals surface area contributed by atoms with Crippen LogP contribution in [0.4, 0.5) is 0 Å². The Morgan fingerprint density at radius 1 is 1.47 bits per heavy atom. The van der Waals surface area contributed by atoms with Crippen LogP contribution in [0.15, 0.2) is 32.6 Å². The van der Waals surface area contributed by atoms with E-state index in [4.69, 9.17) is 5.26 Å². The van der Waals surface area contributed by atoms with E-state index in [9.17, 15) is 4.79 Å². The molecule has 0 aliphatic rings. The third-order valence-corrected chi connectivity index (χ3v) is 4.08. The highest BCUT2D eigenvalue weighted by molar-refractivity contribution is 9.10. The predicted octanol–water partition coefficient (Wildman–Crippen LogP) is 3.10. The Bertz CT molecular complexity index is 734. The van der Waals surface area contributed by atoms with E-state index in [1.807, 2.05) is 37.4 Å². The van der Waals surface area contributed by atoms with Gasteiger partial charge in [0.05, 0.1) is 5.69 Å². The molecule has 1 aromatic heterocycles. The predicted molar refractivity (Wildman–Crippen MR) is 79.2 cm³/mol. The van der Waals surface area contributed by atoms with E-state index in [-0.39, 0.29) is 5.56 Å². The van der Waals surface area contributed by atoms with Crippen molar-refractivity contribution in [3.63, 3.8) is 0 Å². The van der Waals surface area contributed by atoms with Crippen molar-refractivity contribution in [2.24, 2.45) is 0 Å². The first kappa shape index (κ1) is 13.8. The van der Waals surface area contributed by atoms with Crippen molar-refractivity contribution in [1.82, 2.24) is 9.97 Å².